The standard InChI is InChI=1S/C66H104O2S2/c1-43(2)25-61-29-47-30-62(37-61,26-44(3)4)40-65(33-47,39-61)53-23-51(59(9,10)11)21-49(57(53)67)35-69-55-19-17-15-16-18-20-56(55)70-36-50-22-52(60(12,13)14)24-54(58(50)68)66-34-48-31-63(41-66,27-45(5)6)38-64(32-48,42-66)28-46(7)8/h21-24,43-48,55-56,67-68H,15-20,25-42H2,1-14H3/t47?,48?,55-,56-,61?,62?,63?,64?,65?,66?/m0/s1. The zero-order valence-corrected chi connectivity index (χ0v) is 49.2. The third-order valence-corrected chi connectivity index (χ3v) is 23.4. The molecule has 9 aliphatic carbocycles. The van der Waals surface area contributed by atoms with Crippen molar-refractivity contribution in [2.24, 2.45) is 57.2 Å². The number of hydrogen-bond donors (Lipinski definition) is 2. The van der Waals surface area contributed by atoms with Crippen molar-refractivity contribution in [1.29, 1.82) is 0 Å². The molecule has 2 nitrogen and oxygen atoms in total. The molecule has 0 aromatic heterocycles. The smallest absolute Gasteiger partial charge is 0.123 e. The summed E-state index contributed by atoms with van der Waals surface area (Å²) < 4.78 is 0. The Labute approximate surface area is 439 Å². The van der Waals surface area contributed by atoms with Crippen LogP contribution in [0.15, 0.2) is 24.3 Å². The van der Waals surface area contributed by atoms with E-state index in [-0.39, 0.29) is 21.7 Å². The van der Waals surface area contributed by atoms with Crippen LogP contribution >= 0.6 is 23.5 Å². The summed E-state index contributed by atoms with van der Waals surface area (Å²) in [6.07, 6.45) is 29.2. The lowest BCUT2D eigenvalue weighted by Crippen LogP contribution is -2.59. The van der Waals surface area contributed by atoms with Gasteiger partial charge in [-0.15, -0.1) is 0 Å². The summed E-state index contributed by atoms with van der Waals surface area (Å²) in [5.74, 6) is 7.48. The van der Waals surface area contributed by atoms with Gasteiger partial charge in [-0.25, -0.2) is 0 Å². The van der Waals surface area contributed by atoms with Crippen LogP contribution in [-0.4, -0.2) is 20.7 Å². The molecule has 9 saturated carbocycles. The highest BCUT2D eigenvalue weighted by Crippen LogP contribution is 2.75. The Morgan fingerprint density at radius 3 is 1.06 bits per heavy atom. The molecule has 4 unspecified atom stereocenters. The molecule has 70 heavy (non-hydrogen) atoms. The first kappa shape index (κ1) is 53.6. The normalized spacial score (nSPS) is 36.3. The van der Waals surface area contributed by atoms with Crippen molar-refractivity contribution in [3.8, 4) is 11.5 Å². The van der Waals surface area contributed by atoms with Crippen LogP contribution in [0.5, 0.6) is 11.5 Å². The summed E-state index contributed by atoms with van der Waals surface area (Å²) in [5, 5.41) is 26.9. The molecule has 0 aliphatic heterocycles. The van der Waals surface area contributed by atoms with Crippen LogP contribution in [0.4, 0.5) is 0 Å². The lowest BCUT2D eigenvalue weighted by atomic mass is 9.36. The van der Waals surface area contributed by atoms with Gasteiger partial charge < -0.3 is 10.2 Å². The van der Waals surface area contributed by atoms with E-state index in [0.717, 1.165) is 23.3 Å². The molecule has 392 valence electrons. The van der Waals surface area contributed by atoms with E-state index in [4.69, 9.17) is 0 Å². The van der Waals surface area contributed by atoms with Gasteiger partial charge in [0, 0.05) is 55.1 Å². The minimum atomic E-state index is 0.0106. The van der Waals surface area contributed by atoms with Gasteiger partial charge in [0.25, 0.3) is 0 Å². The Morgan fingerprint density at radius 1 is 0.457 bits per heavy atom. The van der Waals surface area contributed by atoms with E-state index >= 15 is 0 Å². The fraction of sp³-hybridized carbons (Fsp3) is 0.818. The molecule has 11 rings (SSSR count). The summed E-state index contributed by atoms with van der Waals surface area (Å²) in [4.78, 5) is 0. The van der Waals surface area contributed by atoms with Gasteiger partial charge in [0.1, 0.15) is 11.5 Å². The largest absolute Gasteiger partial charge is 0.507 e. The number of aromatic hydroxyl groups is 2. The van der Waals surface area contributed by atoms with Gasteiger partial charge in [-0.05, 0) is 195 Å². The van der Waals surface area contributed by atoms with Crippen LogP contribution in [0.3, 0.4) is 0 Å². The molecule has 2 N–H and O–H groups in total. The Bertz CT molecular complexity index is 1960. The quantitative estimate of drug-likeness (QED) is 0.176. The van der Waals surface area contributed by atoms with Crippen molar-refractivity contribution in [1.82, 2.24) is 0 Å². The summed E-state index contributed by atoms with van der Waals surface area (Å²) in [5.41, 5.74) is 9.72. The van der Waals surface area contributed by atoms with E-state index in [1.807, 2.05) is 0 Å². The predicted molar refractivity (Wildman–Crippen MR) is 305 cm³/mol. The highest BCUT2D eigenvalue weighted by Gasteiger charge is 2.65. The van der Waals surface area contributed by atoms with Gasteiger partial charge in [0.05, 0.1) is 0 Å². The fourth-order valence-corrected chi connectivity index (χ4v) is 23.2. The second-order valence-corrected chi connectivity index (χ2v) is 33.7. The second-order valence-electron chi connectivity index (χ2n) is 31.2. The molecule has 0 heterocycles. The first-order valence-corrected chi connectivity index (χ1v) is 31.7. The van der Waals surface area contributed by atoms with Gasteiger partial charge in [-0.2, -0.15) is 23.5 Å². The van der Waals surface area contributed by atoms with Gasteiger partial charge in [0.2, 0.25) is 0 Å². The molecule has 6 atom stereocenters. The third kappa shape index (κ3) is 10.8. The summed E-state index contributed by atoms with van der Waals surface area (Å²) in [7, 11) is 0. The maximum atomic E-state index is 12.9. The number of benzene rings is 2. The maximum absolute atomic E-state index is 12.9. The molecule has 9 fully saturated rings. The minimum absolute atomic E-state index is 0.0106. The fourth-order valence-electron chi connectivity index (χ4n) is 20.1. The van der Waals surface area contributed by atoms with Crippen LogP contribution < -0.4 is 0 Å². The van der Waals surface area contributed by atoms with E-state index in [2.05, 4.69) is 145 Å². The van der Waals surface area contributed by atoms with Crippen molar-refractivity contribution in [2.45, 2.75) is 282 Å². The lowest BCUT2D eigenvalue weighted by Gasteiger charge is -2.68. The van der Waals surface area contributed by atoms with Crippen LogP contribution in [-0.2, 0) is 33.2 Å². The SMILES string of the molecule is CC(C)CC12CC3CC(CC(C)C)(C1)CC(c1cc(C(C)(C)C)cc(CS[C@H]4CCCCCC[C@@H]4SCc4cc(C(C)(C)C)cc(C56CC7CC(CC(C)C)(CC(CC(C)C)(C7)C5)C6)c4O)c1O)(C3)C2. The average molecular weight is 994 g/mol. The third-order valence-electron chi connectivity index (χ3n) is 20.3. The highest BCUT2D eigenvalue weighted by atomic mass is 32.2. The molecule has 0 radical (unpaired) electrons. The van der Waals surface area contributed by atoms with E-state index < -0.39 is 0 Å². The van der Waals surface area contributed by atoms with Crippen LogP contribution in [0.25, 0.3) is 0 Å². The van der Waals surface area contributed by atoms with Gasteiger partial charge >= 0.3 is 0 Å². The Hall–Kier alpha value is -1.26. The average Bonchev–Trinajstić information content (AvgIpc) is 3.17. The molecule has 0 amide bonds. The van der Waals surface area contributed by atoms with Crippen molar-refractivity contribution >= 4 is 23.5 Å². The van der Waals surface area contributed by atoms with Crippen molar-refractivity contribution < 1.29 is 10.2 Å². The number of hydrogen-bond acceptors (Lipinski definition) is 4. The molecular formula is C66H104O2S2. The van der Waals surface area contributed by atoms with Gasteiger partial charge in [-0.3, -0.25) is 0 Å². The van der Waals surface area contributed by atoms with Gasteiger partial charge in [0.15, 0.2) is 0 Å². The van der Waals surface area contributed by atoms with Crippen LogP contribution in [0.2, 0.25) is 0 Å². The Balaban J connectivity index is 1.02. The molecule has 0 saturated heterocycles. The topological polar surface area (TPSA) is 40.5 Å². The number of phenolic OH excluding ortho intramolecular Hbond substituents is 2. The van der Waals surface area contributed by atoms with E-state index in [1.54, 1.807) is 0 Å². The van der Waals surface area contributed by atoms with E-state index in [0.29, 0.717) is 67.3 Å². The zero-order valence-electron chi connectivity index (χ0n) is 47.6. The molecule has 4 heteroatoms. The molecule has 2 aromatic carbocycles. The Morgan fingerprint density at radius 2 is 0.771 bits per heavy atom. The number of phenols is 2. The first-order valence-electron chi connectivity index (χ1n) is 29.6. The summed E-state index contributed by atoms with van der Waals surface area (Å²) in [6, 6.07) is 9.93. The minimum Gasteiger partial charge on any atom is -0.507 e. The molecule has 8 bridgehead atoms. The van der Waals surface area contributed by atoms with Gasteiger partial charge in [-0.1, -0.05) is 147 Å². The zero-order chi connectivity index (χ0) is 50.5. The maximum Gasteiger partial charge on any atom is 0.123 e. The van der Waals surface area contributed by atoms with Crippen LogP contribution in [0, 0.1) is 57.2 Å². The predicted octanol–water partition coefficient (Wildman–Crippen LogP) is 19.6. The molecule has 0 spiro atoms. The molecular weight excluding hydrogens is 889 g/mol. The Kier molecular flexibility index (Phi) is 14.8. The molecule has 9 aliphatic rings. The van der Waals surface area contributed by atoms with E-state index in [1.165, 1.54) is 175 Å². The van der Waals surface area contributed by atoms with Crippen molar-refractivity contribution in [3.05, 3.63) is 57.6 Å². The second kappa shape index (κ2) is 19.4. The van der Waals surface area contributed by atoms with Crippen molar-refractivity contribution in [2.75, 3.05) is 0 Å². The monoisotopic (exact) mass is 993 g/mol. The summed E-state index contributed by atoms with van der Waals surface area (Å²) >= 11 is 4.34. The van der Waals surface area contributed by atoms with Crippen LogP contribution in [0.1, 0.15) is 272 Å². The summed E-state index contributed by atoms with van der Waals surface area (Å²) in [6.45, 7) is 34.1. The van der Waals surface area contributed by atoms with Crippen molar-refractivity contribution in [3.63, 3.8) is 0 Å². The lowest BCUT2D eigenvalue weighted by molar-refractivity contribution is -0.141. The first-order chi connectivity index (χ1) is 32.7. The highest BCUT2D eigenvalue weighted by molar-refractivity contribution is 8.03. The van der Waals surface area contributed by atoms with E-state index in [9.17, 15) is 10.2 Å². The number of thioether (sulfide) groups is 2. The molecule has 2 aromatic rings. The number of rotatable bonds is 16.